The molecule has 1 aromatic rings. The summed E-state index contributed by atoms with van der Waals surface area (Å²) < 4.78 is 0. The standard InChI is InChI=1S/C16H23Cl2N3O/c1-3-19-15(20-10-16(22)7-4-8-16)21-11(2)13-6-5-12(17)9-14(13)18/h5-6,9,11,22H,3-4,7-8,10H2,1-2H3,(H2,19,20,21). The maximum atomic E-state index is 10.2. The van der Waals surface area contributed by atoms with Crippen molar-refractivity contribution in [3.63, 3.8) is 0 Å². The van der Waals surface area contributed by atoms with E-state index in [2.05, 4.69) is 15.6 Å². The lowest BCUT2D eigenvalue weighted by molar-refractivity contribution is -0.0236. The van der Waals surface area contributed by atoms with Crippen LogP contribution >= 0.6 is 23.2 Å². The summed E-state index contributed by atoms with van der Waals surface area (Å²) in [5.74, 6) is 0.682. The van der Waals surface area contributed by atoms with Gasteiger partial charge in [0, 0.05) is 16.6 Å². The van der Waals surface area contributed by atoms with Crippen LogP contribution in [0.25, 0.3) is 0 Å². The molecule has 122 valence electrons. The van der Waals surface area contributed by atoms with Crippen molar-refractivity contribution >= 4 is 29.2 Å². The highest BCUT2D eigenvalue weighted by molar-refractivity contribution is 6.35. The molecule has 1 aliphatic carbocycles. The van der Waals surface area contributed by atoms with E-state index in [1.165, 1.54) is 0 Å². The van der Waals surface area contributed by atoms with Crippen LogP contribution < -0.4 is 10.6 Å². The molecule has 2 rings (SSSR count). The Morgan fingerprint density at radius 3 is 2.68 bits per heavy atom. The number of hydrogen-bond donors (Lipinski definition) is 3. The van der Waals surface area contributed by atoms with Gasteiger partial charge in [0.1, 0.15) is 0 Å². The molecule has 1 fully saturated rings. The first-order chi connectivity index (χ1) is 10.4. The van der Waals surface area contributed by atoms with E-state index in [0.717, 1.165) is 31.4 Å². The molecule has 0 amide bonds. The Hall–Kier alpha value is -0.970. The smallest absolute Gasteiger partial charge is 0.191 e. The maximum Gasteiger partial charge on any atom is 0.191 e. The highest BCUT2D eigenvalue weighted by atomic mass is 35.5. The van der Waals surface area contributed by atoms with E-state index in [1.54, 1.807) is 6.07 Å². The van der Waals surface area contributed by atoms with Crippen LogP contribution in [0.4, 0.5) is 0 Å². The van der Waals surface area contributed by atoms with Gasteiger partial charge in [-0.15, -0.1) is 0 Å². The van der Waals surface area contributed by atoms with E-state index in [1.807, 2.05) is 26.0 Å². The van der Waals surface area contributed by atoms with Gasteiger partial charge in [-0.1, -0.05) is 29.3 Å². The monoisotopic (exact) mass is 343 g/mol. The zero-order valence-corrected chi connectivity index (χ0v) is 14.5. The van der Waals surface area contributed by atoms with Gasteiger partial charge >= 0.3 is 0 Å². The average molecular weight is 344 g/mol. The van der Waals surface area contributed by atoms with E-state index in [0.29, 0.717) is 22.5 Å². The molecule has 1 aromatic carbocycles. The van der Waals surface area contributed by atoms with Crippen molar-refractivity contribution in [3.8, 4) is 0 Å². The van der Waals surface area contributed by atoms with E-state index in [9.17, 15) is 5.11 Å². The summed E-state index contributed by atoms with van der Waals surface area (Å²) in [4.78, 5) is 4.50. The molecule has 3 N–H and O–H groups in total. The molecule has 1 saturated carbocycles. The van der Waals surface area contributed by atoms with E-state index in [4.69, 9.17) is 23.2 Å². The van der Waals surface area contributed by atoms with Crippen LogP contribution in [0.15, 0.2) is 23.2 Å². The minimum atomic E-state index is -0.622. The molecule has 0 bridgehead atoms. The molecular weight excluding hydrogens is 321 g/mol. The fourth-order valence-corrected chi connectivity index (χ4v) is 3.00. The number of hydrogen-bond acceptors (Lipinski definition) is 2. The summed E-state index contributed by atoms with van der Waals surface area (Å²) in [6.45, 7) is 5.20. The van der Waals surface area contributed by atoms with Crippen molar-refractivity contribution < 1.29 is 5.11 Å². The lowest BCUT2D eigenvalue weighted by Gasteiger charge is -2.35. The lowest BCUT2D eigenvalue weighted by Crippen LogP contribution is -2.43. The van der Waals surface area contributed by atoms with Crippen LogP contribution in [0.2, 0.25) is 10.0 Å². The van der Waals surface area contributed by atoms with Crippen LogP contribution in [0.3, 0.4) is 0 Å². The maximum absolute atomic E-state index is 10.2. The number of rotatable bonds is 5. The van der Waals surface area contributed by atoms with Crippen LogP contribution in [0, 0.1) is 0 Å². The largest absolute Gasteiger partial charge is 0.388 e. The zero-order valence-electron chi connectivity index (χ0n) is 13.0. The molecule has 0 saturated heterocycles. The first-order valence-electron chi connectivity index (χ1n) is 7.66. The van der Waals surface area contributed by atoms with E-state index < -0.39 is 5.60 Å². The molecule has 0 radical (unpaired) electrons. The molecule has 1 aliphatic rings. The highest BCUT2D eigenvalue weighted by Crippen LogP contribution is 2.31. The van der Waals surface area contributed by atoms with E-state index >= 15 is 0 Å². The Labute approximate surface area is 141 Å². The molecular formula is C16H23Cl2N3O. The molecule has 0 spiro atoms. The Kier molecular flexibility index (Phi) is 5.95. The summed E-state index contributed by atoms with van der Waals surface area (Å²) in [7, 11) is 0. The minimum absolute atomic E-state index is 0.0152. The Morgan fingerprint density at radius 1 is 1.41 bits per heavy atom. The van der Waals surface area contributed by atoms with Crippen molar-refractivity contribution in [1.29, 1.82) is 0 Å². The van der Waals surface area contributed by atoms with Gasteiger partial charge in [-0.2, -0.15) is 0 Å². The van der Waals surface area contributed by atoms with Crippen LogP contribution in [-0.4, -0.2) is 29.8 Å². The Morgan fingerprint density at radius 2 is 2.14 bits per heavy atom. The molecule has 1 unspecified atom stereocenters. The number of nitrogens with one attached hydrogen (secondary N) is 2. The number of halogens is 2. The number of benzene rings is 1. The SMILES string of the molecule is CCNC(=NCC1(O)CCC1)NC(C)c1ccc(Cl)cc1Cl. The second-order valence-corrected chi connectivity index (χ2v) is 6.65. The van der Waals surface area contributed by atoms with Gasteiger partial charge in [-0.25, -0.2) is 0 Å². The first-order valence-corrected chi connectivity index (χ1v) is 8.41. The number of aliphatic imine (C=N–C) groups is 1. The molecule has 0 aliphatic heterocycles. The van der Waals surface area contributed by atoms with Gasteiger partial charge in [0.2, 0.25) is 0 Å². The predicted octanol–water partition coefficient (Wildman–Crippen LogP) is 3.52. The number of aliphatic hydroxyl groups is 1. The van der Waals surface area contributed by atoms with Crippen molar-refractivity contribution in [1.82, 2.24) is 10.6 Å². The second kappa shape index (κ2) is 7.53. The third kappa shape index (κ3) is 4.51. The number of guanidine groups is 1. The van der Waals surface area contributed by atoms with Gasteiger partial charge in [0.05, 0.1) is 18.2 Å². The summed E-state index contributed by atoms with van der Waals surface area (Å²) in [5, 5.41) is 17.9. The molecule has 1 atom stereocenters. The number of nitrogens with zero attached hydrogens (tertiary/aromatic N) is 1. The molecule has 4 nitrogen and oxygen atoms in total. The summed E-state index contributed by atoms with van der Waals surface area (Å²) in [5.41, 5.74) is 0.336. The first kappa shape index (κ1) is 17.4. The van der Waals surface area contributed by atoms with Crippen molar-refractivity contribution in [2.24, 2.45) is 4.99 Å². The minimum Gasteiger partial charge on any atom is -0.388 e. The third-order valence-electron chi connectivity index (χ3n) is 3.94. The molecule has 0 heterocycles. The fraction of sp³-hybridized carbons (Fsp3) is 0.562. The molecule has 0 aromatic heterocycles. The average Bonchev–Trinajstić information content (AvgIpc) is 2.42. The topological polar surface area (TPSA) is 56.7 Å². The van der Waals surface area contributed by atoms with E-state index in [-0.39, 0.29) is 6.04 Å². The van der Waals surface area contributed by atoms with Gasteiger partial charge in [-0.05, 0) is 50.8 Å². The Bertz CT molecular complexity index is 544. The van der Waals surface area contributed by atoms with Gasteiger partial charge in [-0.3, -0.25) is 4.99 Å². The van der Waals surface area contributed by atoms with Crippen LogP contribution in [0.1, 0.15) is 44.7 Å². The third-order valence-corrected chi connectivity index (χ3v) is 4.50. The highest BCUT2D eigenvalue weighted by Gasteiger charge is 2.34. The predicted molar refractivity (Wildman–Crippen MR) is 92.8 cm³/mol. The summed E-state index contributed by atoms with van der Waals surface area (Å²) in [6.07, 6.45) is 2.73. The summed E-state index contributed by atoms with van der Waals surface area (Å²) >= 11 is 12.2. The fourth-order valence-electron chi connectivity index (χ4n) is 2.42. The molecule has 6 heteroatoms. The normalized spacial score (nSPS) is 18.5. The quantitative estimate of drug-likeness (QED) is 0.566. The van der Waals surface area contributed by atoms with Gasteiger partial charge in [0.25, 0.3) is 0 Å². The lowest BCUT2D eigenvalue weighted by atomic mass is 9.80. The second-order valence-electron chi connectivity index (χ2n) is 5.80. The van der Waals surface area contributed by atoms with Crippen LogP contribution in [0.5, 0.6) is 0 Å². The molecule has 22 heavy (non-hydrogen) atoms. The Balaban J connectivity index is 2.04. The van der Waals surface area contributed by atoms with Crippen LogP contribution in [-0.2, 0) is 0 Å². The van der Waals surface area contributed by atoms with Crippen molar-refractivity contribution in [3.05, 3.63) is 33.8 Å². The van der Waals surface area contributed by atoms with Crippen molar-refractivity contribution in [2.75, 3.05) is 13.1 Å². The zero-order chi connectivity index (χ0) is 16.2. The van der Waals surface area contributed by atoms with Crippen molar-refractivity contribution in [2.45, 2.75) is 44.8 Å². The van der Waals surface area contributed by atoms with Gasteiger partial charge < -0.3 is 15.7 Å². The summed E-state index contributed by atoms with van der Waals surface area (Å²) in [6, 6.07) is 5.45. The van der Waals surface area contributed by atoms with Gasteiger partial charge in [0.15, 0.2) is 5.96 Å².